The average Bonchev–Trinajstić information content (AvgIpc) is 2.87. The first-order chi connectivity index (χ1) is 8.98. The molecule has 0 bridgehead atoms. The number of sulfonamides is 1. The second kappa shape index (κ2) is 7.53. The third kappa shape index (κ3) is 5.64. The topological polar surface area (TPSA) is 114 Å². The maximum Gasteiger partial charge on any atom is 0.270 e. The van der Waals surface area contributed by atoms with Crippen LogP contribution in [-0.4, -0.2) is 38.2 Å². The van der Waals surface area contributed by atoms with Gasteiger partial charge in [-0.1, -0.05) is 0 Å². The van der Waals surface area contributed by atoms with Gasteiger partial charge in [-0.2, -0.15) is 0 Å². The Hall–Kier alpha value is -1.03. The molecule has 108 valence electrons. The minimum atomic E-state index is -3.16. The lowest BCUT2D eigenvalue weighted by molar-refractivity contribution is 0.0949. The highest BCUT2D eigenvalue weighted by atomic mass is 32.2. The number of carbonyl (C=O) groups excluding carboxylic acids is 1. The second-order valence-corrected chi connectivity index (χ2v) is 6.78. The maximum atomic E-state index is 11.6. The normalized spacial score (nSPS) is 11.5. The van der Waals surface area contributed by atoms with Crippen molar-refractivity contribution >= 4 is 27.3 Å². The van der Waals surface area contributed by atoms with Crippen LogP contribution in [0.15, 0.2) is 5.38 Å². The van der Waals surface area contributed by atoms with Crippen LogP contribution in [0.25, 0.3) is 0 Å². The summed E-state index contributed by atoms with van der Waals surface area (Å²) in [4.78, 5) is 15.7. The molecular weight excluding hydrogens is 288 g/mol. The Morgan fingerprint density at radius 1 is 1.47 bits per heavy atom. The van der Waals surface area contributed by atoms with Crippen LogP contribution in [0.4, 0.5) is 0 Å². The van der Waals surface area contributed by atoms with Crippen LogP contribution in [-0.2, 0) is 16.6 Å². The largest absolute Gasteiger partial charge is 0.351 e. The predicted molar refractivity (Wildman–Crippen MR) is 74.4 cm³/mol. The monoisotopic (exact) mass is 306 g/mol. The third-order valence-electron chi connectivity index (χ3n) is 2.30. The summed E-state index contributed by atoms with van der Waals surface area (Å²) in [7, 11) is -3.16. The standard InChI is InChI=1S/C10H18N4O3S2/c1-2-19(16,17)13-5-3-4-12-10(15)8-7-18-9(6-11)14-8/h7,13H,2-6,11H2,1H3,(H,12,15). The molecule has 7 nitrogen and oxygen atoms in total. The van der Waals surface area contributed by atoms with Gasteiger partial charge in [0.15, 0.2) is 0 Å². The number of nitrogens with zero attached hydrogens (tertiary/aromatic N) is 1. The van der Waals surface area contributed by atoms with Gasteiger partial charge in [0.05, 0.1) is 5.75 Å². The number of thiazole rings is 1. The summed E-state index contributed by atoms with van der Waals surface area (Å²) < 4.78 is 24.7. The van der Waals surface area contributed by atoms with E-state index < -0.39 is 10.0 Å². The van der Waals surface area contributed by atoms with Gasteiger partial charge < -0.3 is 11.1 Å². The number of amides is 1. The molecule has 0 unspecified atom stereocenters. The molecule has 0 aliphatic heterocycles. The zero-order valence-electron chi connectivity index (χ0n) is 10.7. The molecule has 1 amide bonds. The fourth-order valence-corrected chi connectivity index (χ4v) is 2.53. The van der Waals surface area contributed by atoms with Gasteiger partial charge in [-0.25, -0.2) is 18.1 Å². The van der Waals surface area contributed by atoms with E-state index in [9.17, 15) is 13.2 Å². The number of aromatic nitrogens is 1. The summed E-state index contributed by atoms with van der Waals surface area (Å²) in [6.07, 6.45) is 0.527. The fourth-order valence-electron chi connectivity index (χ4n) is 1.22. The van der Waals surface area contributed by atoms with E-state index in [4.69, 9.17) is 5.73 Å². The van der Waals surface area contributed by atoms with Crippen LogP contribution in [0, 0.1) is 0 Å². The third-order valence-corrected chi connectivity index (χ3v) is 4.58. The number of rotatable bonds is 8. The van der Waals surface area contributed by atoms with Gasteiger partial charge >= 0.3 is 0 Å². The number of hydrogen-bond acceptors (Lipinski definition) is 6. The van der Waals surface area contributed by atoms with Crippen LogP contribution in [0.2, 0.25) is 0 Å². The van der Waals surface area contributed by atoms with Crippen molar-refractivity contribution in [2.75, 3.05) is 18.8 Å². The first kappa shape index (κ1) is 16.0. The van der Waals surface area contributed by atoms with E-state index in [1.807, 2.05) is 0 Å². The molecule has 4 N–H and O–H groups in total. The van der Waals surface area contributed by atoms with Crippen LogP contribution in [0.3, 0.4) is 0 Å². The molecular formula is C10H18N4O3S2. The number of carbonyl (C=O) groups is 1. The van der Waals surface area contributed by atoms with E-state index in [-0.39, 0.29) is 11.7 Å². The van der Waals surface area contributed by atoms with E-state index in [0.717, 1.165) is 0 Å². The highest BCUT2D eigenvalue weighted by Crippen LogP contribution is 2.08. The molecule has 1 aromatic heterocycles. The Kier molecular flexibility index (Phi) is 6.35. The Morgan fingerprint density at radius 3 is 2.79 bits per heavy atom. The highest BCUT2D eigenvalue weighted by molar-refractivity contribution is 7.89. The Bertz CT molecular complexity index is 513. The van der Waals surface area contributed by atoms with Gasteiger partial charge in [0.1, 0.15) is 10.7 Å². The Labute approximate surface area is 116 Å². The molecule has 0 saturated carbocycles. The van der Waals surface area contributed by atoms with Crippen molar-refractivity contribution in [1.82, 2.24) is 15.0 Å². The second-order valence-electron chi connectivity index (χ2n) is 3.74. The number of nitrogens with one attached hydrogen (secondary N) is 2. The lowest BCUT2D eigenvalue weighted by Gasteiger charge is -2.05. The predicted octanol–water partition coefficient (Wildman–Crippen LogP) is -0.339. The fraction of sp³-hybridized carbons (Fsp3) is 0.600. The van der Waals surface area contributed by atoms with Gasteiger partial charge in [-0.15, -0.1) is 11.3 Å². The first-order valence-electron chi connectivity index (χ1n) is 5.88. The quantitative estimate of drug-likeness (QED) is 0.569. The van der Waals surface area contributed by atoms with Crippen molar-refractivity contribution < 1.29 is 13.2 Å². The molecule has 19 heavy (non-hydrogen) atoms. The van der Waals surface area contributed by atoms with E-state index in [2.05, 4.69) is 15.0 Å². The SMILES string of the molecule is CCS(=O)(=O)NCCCNC(=O)c1csc(CN)n1. The van der Waals surface area contributed by atoms with Gasteiger partial charge in [0.25, 0.3) is 5.91 Å². The molecule has 0 aromatic carbocycles. The van der Waals surface area contributed by atoms with Crippen LogP contribution >= 0.6 is 11.3 Å². The van der Waals surface area contributed by atoms with Gasteiger partial charge in [0.2, 0.25) is 10.0 Å². The molecule has 9 heteroatoms. The highest BCUT2D eigenvalue weighted by Gasteiger charge is 2.09. The Morgan fingerprint density at radius 2 is 2.21 bits per heavy atom. The van der Waals surface area contributed by atoms with Crippen molar-refractivity contribution in [3.63, 3.8) is 0 Å². The maximum absolute atomic E-state index is 11.6. The summed E-state index contributed by atoms with van der Waals surface area (Å²) in [5.41, 5.74) is 5.75. The zero-order valence-corrected chi connectivity index (χ0v) is 12.3. The van der Waals surface area contributed by atoms with Crippen molar-refractivity contribution in [2.45, 2.75) is 19.9 Å². The molecule has 1 heterocycles. The van der Waals surface area contributed by atoms with Gasteiger partial charge in [0, 0.05) is 25.0 Å². The summed E-state index contributed by atoms with van der Waals surface area (Å²) in [6, 6.07) is 0. The van der Waals surface area contributed by atoms with Gasteiger partial charge in [-0.3, -0.25) is 4.79 Å². The molecule has 0 spiro atoms. The lowest BCUT2D eigenvalue weighted by atomic mass is 10.4. The van der Waals surface area contributed by atoms with Crippen molar-refractivity contribution in [1.29, 1.82) is 0 Å². The van der Waals surface area contributed by atoms with E-state index in [0.29, 0.717) is 36.8 Å². The van der Waals surface area contributed by atoms with E-state index in [1.54, 1.807) is 12.3 Å². The van der Waals surface area contributed by atoms with Crippen molar-refractivity contribution in [2.24, 2.45) is 5.73 Å². The molecule has 1 aromatic rings. The van der Waals surface area contributed by atoms with Crippen LogP contribution in [0.1, 0.15) is 28.8 Å². The van der Waals surface area contributed by atoms with Crippen molar-refractivity contribution in [3.05, 3.63) is 16.1 Å². The summed E-state index contributed by atoms with van der Waals surface area (Å²) in [5, 5.41) is 5.03. The summed E-state index contributed by atoms with van der Waals surface area (Å²) in [6.45, 7) is 2.58. The lowest BCUT2D eigenvalue weighted by Crippen LogP contribution is -2.30. The molecule has 1 rings (SSSR count). The number of nitrogens with two attached hydrogens (primary N) is 1. The van der Waals surface area contributed by atoms with E-state index in [1.165, 1.54) is 11.3 Å². The minimum Gasteiger partial charge on any atom is -0.351 e. The van der Waals surface area contributed by atoms with Crippen molar-refractivity contribution in [3.8, 4) is 0 Å². The molecule has 0 radical (unpaired) electrons. The Balaban J connectivity index is 2.24. The molecule has 0 saturated heterocycles. The van der Waals surface area contributed by atoms with E-state index >= 15 is 0 Å². The molecule has 0 fully saturated rings. The van der Waals surface area contributed by atoms with Gasteiger partial charge in [-0.05, 0) is 13.3 Å². The van der Waals surface area contributed by atoms with Crippen LogP contribution < -0.4 is 15.8 Å². The van der Waals surface area contributed by atoms with Crippen LogP contribution in [0.5, 0.6) is 0 Å². The summed E-state index contributed by atoms with van der Waals surface area (Å²) >= 11 is 1.34. The zero-order chi connectivity index (χ0) is 14.3. The minimum absolute atomic E-state index is 0.0556. The summed E-state index contributed by atoms with van der Waals surface area (Å²) in [5.74, 6) is -0.214. The molecule has 0 aliphatic rings. The smallest absolute Gasteiger partial charge is 0.270 e. The average molecular weight is 306 g/mol. The number of hydrogen-bond donors (Lipinski definition) is 3. The molecule has 0 aliphatic carbocycles. The molecule has 0 atom stereocenters. The first-order valence-corrected chi connectivity index (χ1v) is 8.41.